The molecule has 0 spiro atoms. The van der Waals surface area contributed by atoms with E-state index in [0.29, 0.717) is 32.7 Å². The molecule has 1 aromatic carbocycles. The van der Waals surface area contributed by atoms with Gasteiger partial charge >= 0.3 is 0 Å². The summed E-state index contributed by atoms with van der Waals surface area (Å²) in [4.78, 5) is 41.6. The van der Waals surface area contributed by atoms with Crippen LogP contribution in [0, 0.1) is 17.2 Å². The molecule has 2 heterocycles. The fraction of sp³-hybridized carbons (Fsp3) is 0.261. The van der Waals surface area contributed by atoms with Crippen LogP contribution in [0.3, 0.4) is 0 Å². The zero-order valence-corrected chi connectivity index (χ0v) is 22.7. The predicted octanol–water partition coefficient (Wildman–Crippen LogP) is -0.207. The Labute approximate surface area is 231 Å². The van der Waals surface area contributed by atoms with Crippen molar-refractivity contribution in [2.24, 2.45) is 5.92 Å². The Bertz CT molecular complexity index is 1470. The molecule has 1 fully saturated rings. The Kier molecular flexibility index (Phi) is 8.20. The molecule has 3 amide bonds. The number of aromatic nitrogens is 3. The van der Waals surface area contributed by atoms with Gasteiger partial charge in [0.1, 0.15) is 40.0 Å². The number of methoxy groups -OCH3 is 1. The van der Waals surface area contributed by atoms with Gasteiger partial charge in [-0.2, -0.15) is 5.26 Å². The van der Waals surface area contributed by atoms with Crippen molar-refractivity contribution >= 4 is 74.8 Å². The van der Waals surface area contributed by atoms with Crippen molar-refractivity contribution in [3.8, 4) is 22.4 Å². The summed E-state index contributed by atoms with van der Waals surface area (Å²) < 4.78 is 5.71. The Morgan fingerprint density at radius 3 is 2.62 bits per heavy atom. The average Bonchev–Trinajstić information content (AvgIpc) is 3.62. The fourth-order valence-corrected chi connectivity index (χ4v) is 4.42. The summed E-state index contributed by atoms with van der Waals surface area (Å²) in [6.07, 6.45) is 2.91. The number of nitrogens with zero attached hydrogens (tertiary/aromatic N) is 4. The third-order valence-electron chi connectivity index (χ3n) is 5.42. The number of hydrogen-bond donors (Lipinski definition) is 4. The van der Waals surface area contributed by atoms with Crippen molar-refractivity contribution in [1.82, 2.24) is 20.5 Å². The number of thiazole rings is 1. The molecular formula is C23H25B3N8O4S. The summed E-state index contributed by atoms with van der Waals surface area (Å²) in [5, 5.41) is 28.9. The number of nitriles is 1. The fourth-order valence-electron chi connectivity index (χ4n) is 3.57. The van der Waals surface area contributed by atoms with Crippen LogP contribution in [0.5, 0.6) is 5.75 Å². The second kappa shape index (κ2) is 11.6. The van der Waals surface area contributed by atoms with Crippen LogP contribution in [-0.4, -0.2) is 68.8 Å². The van der Waals surface area contributed by atoms with Crippen LogP contribution < -0.4 is 26.0 Å². The normalized spacial score (nSPS) is 12.6. The van der Waals surface area contributed by atoms with E-state index in [0.717, 1.165) is 12.8 Å². The first-order valence-corrected chi connectivity index (χ1v) is 13.0. The smallest absolute Gasteiger partial charge is 0.272 e. The summed E-state index contributed by atoms with van der Waals surface area (Å²) in [5.41, 5.74) is 1.51. The topological polar surface area (TPSA) is 171 Å². The number of rotatable bonds is 10. The minimum atomic E-state index is -0.516. The summed E-state index contributed by atoms with van der Waals surface area (Å²) >= 11 is 1.22. The molecule has 1 saturated carbocycles. The van der Waals surface area contributed by atoms with Gasteiger partial charge in [0.15, 0.2) is 17.3 Å². The monoisotopic (exact) mass is 542 g/mol. The third kappa shape index (κ3) is 7.14. The predicted molar refractivity (Wildman–Crippen MR) is 155 cm³/mol. The van der Waals surface area contributed by atoms with Gasteiger partial charge in [-0.3, -0.25) is 14.4 Å². The highest BCUT2D eigenvalue weighted by molar-refractivity contribution is 7.19. The first-order chi connectivity index (χ1) is 18.6. The highest BCUT2D eigenvalue weighted by atomic mass is 32.1. The minimum Gasteiger partial charge on any atom is -0.494 e. The number of ether oxygens (including phenoxy) is 1. The van der Waals surface area contributed by atoms with Crippen molar-refractivity contribution in [3.05, 3.63) is 36.2 Å². The maximum atomic E-state index is 13.1. The Hall–Kier alpha value is -4.38. The molecule has 0 saturated heterocycles. The average molecular weight is 542 g/mol. The van der Waals surface area contributed by atoms with Crippen LogP contribution in [0.2, 0.25) is 0 Å². The van der Waals surface area contributed by atoms with Crippen LogP contribution in [0.25, 0.3) is 10.6 Å². The molecule has 39 heavy (non-hydrogen) atoms. The van der Waals surface area contributed by atoms with E-state index in [1.165, 1.54) is 24.6 Å². The molecule has 3 aromatic rings. The van der Waals surface area contributed by atoms with Crippen LogP contribution in [0.1, 0.15) is 29.8 Å². The molecule has 1 aliphatic carbocycles. The second-order valence-corrected chi connectivity index (χ2v) is 10.9. The number of para-hydroxylation sites is 1. The molecule has 1 aliphatic rings. The van der Waals surface area contributed by atoms with Gasteiger partial charge in [0, 0.05) is 12.0 Å². The van der Waals surface area contributed by atoms with E-state index >= 15 is 0 Å². The van der Waals surface area contributed by atoms with Gasteiger partial charge in [-0.25, -0.2) is 4.98 Å². The van der Waals surface area contributed by atoms with Crippen molar-refractivity contribution in [1.29, 1.82) is 5.26 Å². The zero-order valence-electron chi connectivity index (χ0n) is 21.9. The molecule has 0 bridgehead atoms. The van der Waals surface area contributed by atoms with Gasteiger partial charge in [-0.05, 0) is 30.2 Å². The molecule has 0 radical (unpaired) electrons. The van der Waals surface area contributed by atoms with E-state index in [4.69, 9.17) is 10.00 Å². The molecule has 0 unspecified atom stereocenters. The SMILES string of the molecule is BC(B)(B)NC(=O)c1nnc(NC(=O)C2CC2)cc1Nc1cccc(-c2ncc(NC(=O)CC#N)s2)c1OC. The largest absolute Gasteiger partial charge is 0.494 e. The molecule has 4 rings (SSSR count). The first-order valence-electron chi connectivity index (χ1n) is 12.2. The van der Waals surface area contributed by atoms with Crippen LogP contribution in [-0.2, 0) is 9.59 Å². The first kappa shape index (κ1) is 27.7. The summed E-state index contributed by atoms with van der Waals surface area (Å²) in [7, 11) is 7.07. The lowest BCUT2D eigenvalue weighted by Gasteiger charge is -2.22. The van der Waals surface area contributed by atoms with E-state index in [1.54, 1.807) is 24.3 Å². The van der Waals surface area contributed by atoms with Gasteiger partial charge in [-0.15, -0.1) is 10.2 Å². The zero-order chi connectivity index (χ0) is 28.2. The van der Waals surface area contributed by atoms with Gasteiger partial charge in [0.05, 0.1) is 36.3 Å². The van der Waals surface area contributed by atoms with E-state index < -0.39 is 17.1 Å². The molecule has 4 N–H and O–H groups in total. The molecule has 0 aliphatic heterocycles. The van der Waals surface area contributed by atoms with Crippen LogP contribution >= 0.6 is 11.3 Å². The lowest BCUT2D eigenvalue weighted by molar-refractivity contribution is -0.117. The van der Waals surface area contributed by atoms with Crippen molar-refractivity contribution in [3.63, 3.8) is 0 Å². The lowest BCUT2D eigenvalue weighted by Crippen LogP contribution is -2.50. The lowest BCUT2D eigenvalue weighted by atomic mass is 9.49. The highest BCUT2D eigenvalue weighted by Gasteiger charge is 2.30. The quantitative estimate of drug-likeness (QED) is 0.253. The van der Waals surface area contributed by atoms with E-state index in [1.807, 2.05) is 29.6 Å². The molecule has 0 atom stereocenters. The molecular weight excluding hydrogens is 517 g/mol. The Morgan fingerprint density at radius 1 is 1.18 bits per heavy atom. The standard InChI is InChI=1S/C23H25B3N8O4S/c1-38-19-12(22-28-10-17(39-22)31-16(35)7-8-27)3-2-4-13(19)29-14-9-15(30-20(36)11-5-6-11)33-34-18(14)21(37)32-23(24,25)26/h2-4,9-11H,5-7,24-26H2,1H3,(H,31,35)(H,32,37)(H2,29,30,33,36). The summed E-state index contributed by atoms with van der Waals surface area (Å²) in [6, 6.07) is 8.72. The highest BCUT2D eigenvalue weighted by Crippen LogP contribution is 2.41. The number of hydrogen-bond acceptors (Lipinski definition) is 10. The number of carbonyl (C=O) groups is 3. The van der Waals surface area contributed by atoms with E-state index in [2.05, 4.69) is 36.4 Å². The molecule has 196 valence electrons. The van der Waals surface area contributed by atoms with Gasteiger partial charge < -0.3 is 26.0 Å². The van der Waals surface area contributed by atoms with Crippen LogP contribution in [0.15, 0.2) is 30.5 Å². The molecule has 2 aromatic heterocycles. The van der Waals surface area contributed by atoms with Gasteiger partial charge in [0.25, 0.3) is 5.91 Å². The minimum absolute atomic E-state index is 0.0308. The Morgan fingerprint density at radius 2 is 1.95 bits per heavy atom. The Balaban J connectivity index is 1.68. The van der Waals surface area contributed by atoms with Crippen LogP contribution in [0.4, 0.5) is 22.2 Å². The van der Waals surface area contributed by atoms with E-state index in [9.17, 15) is 14.4 Å². The van der Waals surface area contributed by atoms with Gasteiger partial charge in [0.2, 0.25) is 11.8 Å². The number of amides is 3. The summed E-state index contributed by atoms with van der Waals surface area (Å²) in [6.45, 7) is 0. The van der Waals surface area contributed by atoms with Gasteiger partial charge in [-0.1, -0.05) is 17.4 Å². The molecule has 16 heteroatoms. The third-order valence-corrected chi connectivity index (χ3v) is 6.37. The molecule has 12 nitrogen and oxygen atoms in total. The van der Waals surface area contributed by atoms with Crippen molar-refractivity contribution < 1.29 is 19.1 Å². The van der Waals surface area contributed by atoms with Crippen molar-refractivity contribution in [2.75, 3.05) is 23.1 Å². The maximum absolute atomic E-state index is 13.1. The van der Waals surface area contributed by atoms with E-state index in [-0.39, 0.29) is 29.8 Å². The van der Waals surface area contributed by atoms with Crippen molar-refractivity contribution in [2.45, 2.75) is 24.5 Å². The number of anilines is 4. The summed E-state index contributed by atoms with van der Waals surface area (Å²) in [5.74, 6) is -0.380. The second-order valence-electron chi connectivity index (χ2n) is 9.88. The number of carbonyl (C=O) groups excluding carboxylic acids is 3. The number of benzene rings is 1. The maximum Gasteiger partial charge on any atom is 0.272 e. The number of nitrogens with one attached hydrogen (secondary N) is 4.